The van der Waals surface area contributed by atoms with Crippen LogP contribution in [0.2, 0.25) is 0 Å². The number of fused-ring (bicyclic) bond motifs is 1. The second-order valence-corrected chi connectivity index (χ2v) is 11.0. The molecule has 0 spiro atoms. The third-order valence-electron chi connectivity index (χ3n) is 8.18. The molecule has 0 radical (unpaired) electrons. The number of ether oxygens (including phenoxy) is 1. The van der Waals surface area contributed by atoms with E-state index in [0.717, 1.165) is 43.7 Å². The maximum atomic E-state index is 12.1. The molecule has 2 aliphatic heterocycles. The van der Waals surface area contributed by atoms with Crippen molar-refractivity contribution in [1.29, 1.82) is 0 Å². The van der Waals surface area contributed by atoms with Crippen molar-refractivity contribution < 1.29 is 14.3 Å². The minimum absolute atomic E-state index is 0.0134. The maximum absolute atomic E-state index is 12.1. The lowest BCUT2D eigenvalue weighted by Crippen LogP contribution is -2.49. The quantitative estimate of drug-likeness (QED) is 0.482. The Morgan fingerprint density at radius 3 is 2.50 bits per heavy atom. The largest absolute Gasteiger partial charge is 0.444 e. The van der Waals surface area contributed by atoms with Gasteiger partial charge in [0.05, 0.1) is 11.6 Å². The molecule has 9 nitrogen and oxygen atoms in total. The molecule has 1 N–H and O–H groups in total. The van der Waals surface area contributed by atoms with E-state index >= 15 is 0 Å². The summed E-state index contributed by atoms with van der Waals surface area (Å²) in [6.07, 6.45) is 6.46. The Morgan fingerprint density at radius 1 is 1.18 bits per heavy atom. The highest BCUT2D eigenvalue weighted by Crippen LogP contribution is 2.52. The van der Waals surface area contributed by atoms with Crippen molar-refractivity contribution >= 4 is 23.8 Å². The molecule has 2 amide bonds. The van der Waals surface area contributed by atoms with Crippen molar-refractivity contribution in [3.05, 3.63) is 59.8 Å². The van der Waals surface area contributed by atoms with Crippen LogP contribution in [0.15, 0.2) is 43.1 Å². The molecule has 202 valence electrons. The fraction of sp³-hybridized carbons (Fsp3) is 0.517. The summed E-state index contributed by atoms with van der Waals surface area (Å²) >= 11 is 0. The van der Waals surface area contributed by atoms with Gasteiger partial charge in [-0.1, -0.05) is 37.8 Å². The highest BCUT2D eigenvalue weighted by molar-refractivity contribution is 5.89. The Labute approximate surface area is 224 Å². The van der Waals surface area contributed by atoms with Gasteiger partial charge in [0.2, 0.25) is 11.9 Å². The number of carbonyl (C=O) groups excluding carboxylic acids is 2. The molecule has 38 heavy (non-hydrogen) atoms. The highest BCUT2D eigenvalue weighted by Gasteiger charge is 2.41. The van der Waals surface area contributed by atoms with Crippen molar-refractivity contribution in [3.63, 3.8) is 0 Å². The first-order valence-electron chi connectivity index (χ1n) is 13.6. The Morgan fingerprint density at radius 2 is 1.87 bits per heavy atom. The second kappa shape index (κ2) is 10.7. The van der Waals surface area contributed by atoms with Crippen LogP contribution in [-0.4, -0.2) is 64.5 Å². The number of carbonyl (C=O) groups is 2. The standard InChI is InChI=1S/C29H38N6O3/c1-5-25(36)34-15-13-33(14-16-34)24(17-29(4)11-12-29)22-9-7-21(8-10-22)20(3)31-27-30-18-23-19-38-28(37)35(6-2)26(23)32-27/h5,7-10,18,20,24H,1,6,11-17,19H2,2-4H3,(H,30,31,32)/t20-,24?/m0/s1. The number of nitrogens with one attached hydrogen (secondary N) is 1. The predicted molar refractivity (Wildman–Crippen MR) is 147 cm³/mol. The van der Waals surface area contributed by atoms with E-state index in [1.54, 1.807) is 6.20 Å². The Bertz CT molecular complexity index is 1190. The molecule has 1 saturated heterocycles. The number of anilines is 2. The first-order valence-corrected chi connectivity index (χ1v) is 13.6. The van der Waals surface area contributed by atoms with Crippen molar-refractivity contribution in [2.45, 2.75) is 58.7 Å². The zero-order valence-corrected chi connectivity index (χ0v) is 22.7. The number of piperazine rings is 1. The van der Waals surface area contributed by atoms with Gasteiger partial charge < -0.3 is 15.0 Å². The first kappa shape index (κ1) is 26.2. The topological polar surface area (TPSA) is 90.9 Å². The summed E-state index contributed by atoms with van der Waals surface area (Å²) in [5.41, 5.74) is 3.67. The molecule has 1 aliphatic carbocycles. The Hall–Kier alpha value is -3.46. The second-order valence-electron chi connectivity index (χ2n) is 11.0. The summed E-state index contributed by atoms with van der Waals surface area (Å²) in [6, 6.07) is 9.17. The summed E-state index contributed by atoms with van der Waals surface area (Å²) in [7, 11) is 0. The van der Waals surface area contributed by atoms with E-state index in [-0.39, 0.29) is 24.6 Å². The van der Waals surface area contributed by atoms with E-state index in [9.17, 15) is 9.59 Å². The number of hydrogen-bond donors (Lipinski definition) is 1. The fourth-order valence-corrected chi connectivity index (χ4v) is 5.39. The SMILES string of the molecule is C=CC(=O)N1CCN(C(CC2(C)CC2)c2ccc([C@H](C)Nc3ncc4c(n3)N(CC)C(=O)OC4)cc2)CC1. The van der Waals surface area contributed by atoms with E-state index in [2.05, 4.69) is 64.9 Å². The van der Waals surface area contributed by atoms with E-state index < -0.39 is 0 Å². The molecule has 3 aliphatic rings. The molecule has 1 unspecified atom stereocenters. The average molecular weight is 519 g/mol. The molecule has 1 aromatic heterocycles. The molecule has 3 heterocycles. The summed E-state index contributed by atoms with van der Waals surface area (Å²) in [5, 5.41) is 3.39. The molecule has 9 heteroatoms. The van der Waals surface area contributed by atoms with Crippen LogP contribution >= 0.6 is 0 Å². The van der Waals surface area contributed by atoms with Crippen molar-refractivity contribution in [2.75, 3.05) is 42.9 Å². The van der Waals surface area contributed by atoms with Gasteiger partial charge in [-0.05, 0) is 55.7 Å². The van der Waals surface area contributed by atoms with Crippen LogP contribution in [0, 0.1) is 5.41 Å². The molecular formula is C29H38N6O3. The maximum Gasteiger partial charge on any atom is 0.415 e. The van der Waals surface area contributed by atoms with Crippen LogP contribution in [-0.2, 0) is 16.1 Å². The van der Waals surface area contributed by atoms with E-state index in [0.29, 0.717) is 29.8 Å². The van der Waals surface area contributed by atoms with Gasteiger partial charge in [0.1, 0.15) is 12.4 Å². The lowest BCUT2D eigenvalue weighted by Gasteiger charge is -2.40. The molecule has 1 aromatic carbocycles. The predicted octanol–water partition coefficient (Wildman–Crippen LogP) is 4.69. The minimum atomic E-state index is -0.378. The van der Waals surface area contributed by atoms with Gasteiger partial charge in [0.25, 0.3) is 0 Å². The number of cyclic esters (lactones) is 1. The Balaban J connectivity index is 1.28. The van der Waals surface area contributed by atoms with Crippen molar-refractivity contribution in [1.82, 2.24) is 19.8 Å². The smallest absolute Gasteiger partial charge is 0.415 e. The van der Waals surface area contributed by atoms with Crippen LogP contribution in [0.1, 0.15) is 68.8 Å². The minimum Gasteiger partial charge on any atom is -0.444 e. The summed E-state index contributed by atoms with van der Waals surface area (Å²) < 4.78 is 5.19. The average Bonchev–Trinajstić information content (AvgIpc) is 3.68. The van der Waals surface area contributed by atoms with Crippen LogP contribution in [0.25, 0.3) is 0 Å². The van der Waals surface area contributed by atoms with Gasteiger partial charge >= 0.3 is 6.09 Å². The summed E-state index contributed by atoms with van der Waals surface area (Å²) in [4.78, 5) is 39.2. The third-order valence-corrected chi connectivity index (χ3v) is 8.18. The molecule has 1 saturated carbocycles. The monoisotopic (exact) mass is 518 g/mol. The number of nitrogens with zero attached hydrogens (tertiary/aromatic N) is 5. The zero-order chi connectivity index (χ0) is 26.9. The lowest BCUT2D eigenvalue weighted by molar-refractivity contribution is -0.128. The van der Waals surface area contributed by atoms with Crippen molar-refractivity contribution in [3.8, 4) is 0 Å². The molecule has 2 atom stereocenters. The number of aromatic nitrogens is 2. The third kappa shape index (κ3) is 5.53. The summed E-state index contributed by atoms with van der Waals surface area (Å²) in [5.74, 6) is 1.11. The van der Waals surface area contributed by atoms with Gasteiger partial charge in [-0.2, -0.15) is 4.98 Å². The van der Waals surface area contributed by atoms with Gasteiger partial charge in [-0.3, -0.25) is 14.6 Å². The highest BCUT2D eigenvalue weighted by atomic mass is 16.6. The van der Waals surface area contributed by atoms with Crippen LogP contribution in [0.3, 0.4) is 0 Å². The van der Waals surface area contributed by atoms with Crippen LogP contribution in [0.4, 0.5) is 16.6 Å². The molecule has 2 fully saturated rings. The zero-order valence-electron chi connectivity index (χ0n) is 22.7. The lowest BCUT2D eigenvalue weighted by atomic mass is 9.91. The summed E-state index contributed by atoms with van der Waals surface area (Å²) in [6.45, 7) is 13.9. The van der Waals surface area contributed by atoms with Gasteiger partial charge in [0, 0.05) is 45.0 Å². The molecule has 0 bridgehead atoms. The number of rotatable bonds is 9. The fourth-order valence-electron chi connectivity index (χ4n) is 5.39. The first-order chi connectivity index (χ1) is 18.3. The number of hydrogen-bond acceptors (Lipinski definition) is 7. The van der Waals surface area contributed by atoms with Crippen molar-refractivity contribution in [2.24, 2.45) is 5.41 Å². The van der Waals surface area contributed by atoms with Gasteiger partial charge in [0.15, 0.2) is 0 Å². The normalized spacial score (nSPS) is 20.2. The molecule has 5 rings (SSSR count). The van der Waals surface area contributed by atoms with Gasteiger partial charge in [-0.15, -0.1) is 0 Å². The van der Waals surface area contributed by atoms with Gasteiger partial charge in [-0.25, -0.2) is 9.78 Å². The number of amides is 2. The molecular weight excluding hydrogens is 480 g/mol. The van der Waals surface area contributed by atoms with E-state index in [1.807, 2.05) is 11.8 Å². The van der Waals surface area contributed by atoms with Crippen LogP contribution < -0.4 is 10.2 Å². The Kier molecular flexibility index (Phi) is 7.38. The molecule has 2 aromatic rings. The van der Waals surface area contributed by atoms with Crippen LogP contribution in [0.5, 0.6) is 0 Å². The number of benzene rings is 1. The van der Waals surface area contributed by atoms with E-state index in [4.69, 9.17) is 4.74 Å². The van der Waals surface area contributed by atoms with E-state index in [1.165, 1.54) is 29.4 Å².